The van der Waals surface area contributed by atoms with Crippen molar-refractivity contribution >= 4 is 15.9 Å². The van der Waals surface area contributed by atoms with Crippen LogP contribution in [0, 0.1) is 12.3 Å². The van der Waals surface area contributed by atoms with Crippen molar-refractivity contribution in [3.8, 4) is 0 Å². The molecule has 4 nitrogen and oxygen atoms in total. The van der Waals surface area contributed by atoms with Gasteiger partial charge in [-0.3, -0.25) is 9.35 Å². The molecule has 77 valence electrons. The van der Waals surface area contributed by atoms with Crippen molar-refractivity contribution in [2.75, 3.05) is 5.75 Å². The molecule has 0 bridgehead atoms. The topological polar surface area (TPSA) is 71.4 Å². The summed E-state index contributed by atoms with van der Waals surface area (Å²) >= 11 is 0. The summed E-state index contributed by atoms with van der Waals surface area (Å²) in [6.45, 7) is 3.82. The van der Waals surface area contributed by atoms with E-state index < -0.39 is 10.1 Å². The summed E-state index contributed by atoms with van der Waals surface area (Å²) in [7, 11) is -3.93. The summed E-state index contributed by atoms with van der Waals surface area (Å²) in [6, 6.07) is 0. The number of Topliss-reactive ketones (excluding diaryl/α,β-unsaturated/α-hetero) is 1. The monoisotopic (exact) mass is 207 g/mol. The average molecular weight is 207 g/mol. The zero-order chi connectivity index (χ0) is 10.5. The Kier molecular flexibility index (Phi) is 5.17. The lowest BCUT2D eigenvalue weighted by Gasteiger charge is -2.02. The van der Waals surface area contributed by atoms with E-state index >= 15 is 0 Å². The quantitative estimate of drug-likeness (QED) is 0.662. The van der Waals surface area contributed by atoms with Crippen LogP contribution in [-0.2, 0) is 14.9 Å². The van der Waals surface area contributed by atoms with Crippen LogP contribution in [0.2, 0.25) is 0 Å². The minimum atomic E-state index is -3.93. The van der Waals surface area contributed by atoms with Crippen molar-refractivity contribution in [2.24, 2.45) is 5.92 Å². The van der Waals surface area contributed by atoms with Gasteiger partial charge in [-0.15, -0.1) is 0 Å². The molecule has 0 saturated carbocycles. The van der Waals surface area contributed by atoms with E-state index in [9.17, 15) is 13.2 Å². The number of ketones is 1. The van der Waals surface area contributed by atoms with Gasteiger partial charge in [0.15, 0.2) is 0 Å². The predicted octanol–water partition coefficient (Wildman–Crippen LogP) is 1.08. The average Bonchev–Trinajstić information content (AvgIpc) is 1.81. The number of hydrogen-bond acceptors (Lipinski definition) is 3. The first kappa shape index (κ1) is 12.6. The largest absolute Gasteiger partial charge is 0.299 e. The molecular weight excluding hydrogens is 192 g/mol. The fourth-order valence-corrected chi connectivity index (χ4v) is 1.27. The van der Waals surface area contributed by atoms with Gasteiger partial charge in [-0.05, 0) is 12.3 Å². The lowest BCUT2D eigenvalue weighted by Crippen LogP contribution is -2.09. The van der Waals surface area contributed by atoms with Crippen molar-refractivity contribution in [1.29, 1.82) is 0 Å². The lowest BCUT2D eigenvalue weighted by molar-refractivity contribution is -0.116. The van der Waals surface area contributed by atoms with E-state index in [4.69, 9.17) is 4.55 Å². The number of hydrogen-bond donors (Lipinski definition) is 1. The number of carbonyl (C=O) groups is 1. The lowest BCUT2D eigenvalue weighted by atomic mass is 10.0. The molecule has 0 aromatic heterocycles. The van der Waals surface area contributed by atoms with E-state index in [0.717, 1.165) is 0 Å². The molecular formula is C8H15O4S. The zero-order valence-corrected chi connectivity index (χ0v) is 8.67. The summed E-state index contributed by atoms with van der Waals surface area (Å²) in [5.74, 6) is -0.176. The second-order valence-electron chi connectivity index (χ2n) is 3.34. The molecule has 5 heteroatoms. The molecule has 0 amide bonds. The molecule has 0 saturated heterocycles. The van der Waals surface area contributed by atoms with Crippen LogP contribution in [0.3, 0.4) is 0 Å². The van der Waals surface area contributed by atoms with Gasteiger partial charge in [0.1, 0.15) is 5.78 Å². The highest BCUT2D eigenvalue weighted by Gasteiger charge is 2.08. The van der Waals surface area contributed by atoms with Crippen LogP contribution in [-0.4, -0.2) is 24.5 Å². The van der Waals surface area contributed by atoms with Crippen molar-refractivity contribution < 1.29 is 17.8 Å². The smallest absolute Gasteiger partial charge is 0.264 e. The first-order valence-corrected chi connectivity index (χ1v) is 5.73. The molecule has 0 aromatic rings. The second kappa shape index (κ2) is 5.34. The van der Waals surface area contributed by atoms with Crippen LogP contribution in [0.25, 0.3) is 0 Å². The van der Waals surface area contributed by atoms with Crippen LogP contribution in [0.15, 0.2) is 0 Å². The third-order valence-electron chi connectivity index (χ3n) is 1.36. The van der Waals surface area contributed by atoms with E-state index in [1.165, 1.54) is 6.42 Å². The minimum Gasteiger partial charge on any atom is -0.299 e. The third-order valence-corrected chi connectivity index (χ3v) is 2.11. The van der Waals surface area contributed by atoms with Crippen LogP contribution >= 0.6 is 0 Å². The second-order valence-corrected chi connectivity index (χ2v) is 4.92. The van der Waals surface area contributed by atoms with E-state index in [2.05, 4.69) is 0 Å². The summed E-state index contributed by atoms with van der Waals surface area (Å²) in [6.07, 6.45) is 1.82. The maximum atomic E-state index is 11.0. The molecule has 0 aliphatic rings. The Labute approximate surface area is 79.1 Å². The van der Waals surface area contributed by atoms with Crippen LogP contribution in [0.1, 0.15) is 26.7 Å². The summed E-state index contributed by atoms with van der Waals surface area (Å²) in [5, 5.41) is 0. The van der Waals surface area contributed by atoms with Gasteiger partial charge in [0.25, 0.3) is 10.1 Å². The Hall–Kier alpha value is -0.420. The van der Waals surface area contributed by atoms with Gasteiger partial charge in [0.2, 0.25) is 0 Å². The van der Waals surface area contributed by atoms with Crippen molar-refractivity contribution in [2.45, 2.75) is 26.7 Å². The molecule has 0 fully saturated rings. The molecule has 13 heavy (non-hydrogen) atoms. The number of carbonyl (C=O) groups excluding carboxylic acids is 1. The highest BCUT2D eigenvalue weighted by molar-refractivity contribution is 7.85. The molecule has 0 atom stereocenters. The molecule has 0 heterocycles. The first-order chi connectivity index (χ1) is 5.81. The molecule has 0 aliphatic carbocycles. The molecule has 0 aliphatic heterocycles. The highest BCUT2D eigenvalue weighted by atomic mass is 32.2. The predicted molar refractivity (Wildman–Crippen MR) is 49.8 cm³/mol. The van der Waals surface area contributed by atoms with E-state index in [0.29, 0.717) is 6.42 Å². The fourth-order valence-electron chi connectivity index (χ4n) is 0.855. The minimum absolute atomic E-state index is 0.0707. The van der Waals surface area contributed by atoms with E-state index in [1.54, 1.807) is 0 Å². The van der Waals surface area contributed by atoms with Gasteiger partial charge < -0.3 is 0 Å². The molecule has 0 rings (SSSR count). The van der Waals surface area contributed by atoms with Crippen molar-refractivity contribution in [3.63, 3.8) is 0 Å². The van der Waals surface area contributed by atoms with Crippen LogP contribution in [0.4, 0.5) is 0 Å². The van der Waals surface area contributed by atoms with Gasteiger partial charge in [-0.25, -0.2) is 0 Å². The summed E-state index contributed by atoms with van der Waals surface area (Å²) < 4.78 is 28.9. The Bertz CT molecular complexity index is 253. The van der Waals surface area contributed by atoms with Gasteiger partial charge in [-0.2, -0.15) is 8.42 Å². The van der Waals surface area contributed by atoms with E-state index in [1.807, 2.05) is 13.8 Å². The van der Waals surface area contributed by atoms with Gasteiger partial charge in [-0.1, -0.05) is 13.8 Å². The normalized spacial score (nSPS) is 12.0. The number of rotatable bonds is 6. The molecule has 1 N–H and O–H groups in total. The maximum Gasteiger partial charge on any atom is 0.264 e. The van der Waals surface area contributed by atoms with Crippen molar-refractivity contribution in [3.05, 3.63) is 6.42 Å². The standard InChI is InChI=1S/C8H15O4S/c1-7(2)6-8(9)4-3-5-13(10,11)12/h4,7H,3,5-6H2,1-2H3,(H,10,11,12). The molecule has 0 unspecified atom stereocenters. The fraction of sp³-hybridized carbons (Fsp3) is 0.750. The van der Waals surface area contributed by atoms with E-state index in [-0.39, 0.29) is 23.9 Å². The first-order valence-electron chi connectivity index (χ1n) is 4.12. The van der Waals surface area contributed by atoms with Gasteiger partial charge >= 0.3 is 0 Å². The Morgan fingerprint density at radius 1 is 1.46 bits per heavy atom. The Morgan fingerprint density at radius 2 is 2.00 bits per heavy atom. The van der Waals surface area contributed by atoms with Crippen LogP contribution < -0.4 is 0 Å². The SMILES string of the molecule is CC(C)CC(=O)[CH]CCS(=O)(=O)O. The zero-order valence-electron chi connectivity index (χ0n) is 7.86. The Balaban J connectivity index is 3.61. The van der Waals surface area contributed by atoms with Crippen molar-refractivity contribution in [1.82, 2.24) is 0 Å². The van der Waals surface area contributed by atoms with Gasteiger partial charge in [0.05, 0.1) is 5.75 Å². The van der Waals surface area contributed by atoms with Gasteiger partial charge in [0, 0.05) is 12.8 Å². The molecule has 1 radical (unpaired) electrons. The molecule has 0 spiro atoms. The van der Waals surface area contributed by atoms with Crippen LogP contribution in [0.5, 0.6) is 0 Å². The summed E-state index contributed by atoms with van der Waals surface area (Å²) in [4.78, 5) is 11.0. The molecule has 0 aromatic carbocycles. The highest BCUT2D eigenvalue weighted by Crippen LogP contribution is 2.04. The Morgan fingerprint density at radius 3 is 2.38 bits per heavy atom. The maximum absolute atomic E-state index is 11.0. The summed E-state index contributed by atoms with van der Waals surface area (Å²) in [5.41, 5.74) is 0. The third kappa shape index (κ3) is 9.49.